The molecule has 5 nitrogen and oxygen atoms in total. The van der Waals surface area contributed by atoms with Gasteiger partial charge >= 0.3 is 0 Å². The van der Waals surface area contributed by atoms with Crippen molar-refractivity contribution < 1.29 is 4.74 Å². The van der Waals surface area contributed by atoms with Gasteiger partial charge in [0.2, 0.25) is 0 Å². The highest BCUT2D eigenvalue weighted by Gasteiger charge is 2.41. The summed E-state index contributed by atoms with van der Waals surface area (Å²) in [5.41, 5.74) is 4.38. The molecule has 0 unspecified atom stereocenters. The SMILES string of the molecule is CCn1cccc1[C@H]1[C@@H](c2ccccn2)NC(=S)N1c1ccc(Oc2ccc(C)cc2)cc1. The number of pyridine rings is 1. The van der Waals surface area contributed by atoms with Gasteiger partial charge in [0.05, 0.1) is 11.7 Å². The number of nitrogens with zero attached hydrogens (tertiary/aromatic N) is 3. The molecule has 1 aliphatic heterocycles. The molecule has 0 bridgehead atoms. The molecule has 0 spiro atoms. The molecule has 1 N–H and O–H groups in total. The zero-order valence-electron chi connectivity index (χ0n) is 18.7. The lowest BCUT2D eigenvalue weighted by atomic mass is 10.0. The van der Waals surface area contributed by atoms with E-state index in [1.807, 2.05) is 54.7 Å². The highest BCUT2D eigenvalue weighted by molar-refractivity contribution is 7.80. The highest BCUT2D eigenvalue weighted by Crippen LogP contribution is 2.42. The van der Waals surface area contributed by atoms with Crippen molar-refractivity contribution in [2.24, 2.45) is 0 Å². The van der Waals surface area contributed by atoms with Gasteiger partial charge in [-0.25, -0.2) is 0 Å². The van der Waals surface area contributed by atoms with E-state index in [9.17, 15) is 0 Å². The van der Waals surface area contributed by atoms with Crippen molar-refractivity contribution in [3.8, 4) is 11.5 Å². The van der Waals surface area contributed by atoms with Crippen LogP contribution in [0, 0.1) is 6.92 Å². The zero-order chi connectivity index (χ0) is 22.8. The van der Waals surface area contributed by atoms with Gasteiger partial charge in [-0.05, 0) is 86.7 Å². The Morgan fingerprint density at radius 2 is 1.67 bits per heavy atom. The summed E-state index contributed by atoms with van der Waals surface area (Å²) < 4.78 is 8.28. The topological polar surface area (TPSA) is 42.3 Å². The van der Waals surface area contributed by atoms with Crippen molar-refractivity contribution in [2.45, 2.75) is 32.5 Å². The van der Waals surface area contributed by atoms with Crippen LogP contribution in [0.3, 0.4) is 0 Å². The van der Waals surface area contributed by atoms with Gasteiger partial charge in [-0.2, -0.15) is 0 Å². The van der Waals surface area contributed by atoms with E-state index >= 15 is 0 Å². The van der Waals surface area contributed by atoms with E-state index in [2.05, 4.69) is 70.1 Å². The van der Waals surface area contributed by atoms with Crippen molar-refractivity contribution in [1.82, 2.24) is 14.9 Å². The molecule has 4 aromatic rings. The second-order valence-corrected chi connectivity index (χ2v) is 8.51. The average Bonchev–Trinajstić information content (AvgIpc) is 3.45. The van der Waals surface area contributed by atoms with Gasteiger partial charge in [-0.15, -0.1) is 0 Å². The number of aryl methyl sites for hydroxylation is 2. The lowest BCUT2D eigenvalue weighted by molar-refractivity contribution is 0.482. The molecule has 2 atom stereocenters. The minimum absolute atomic E-state index is 0.0220. The summed E-state index contributed by atoms with van der Waals surface area (Å²) in [7, 11) is 0. The molecular weight excluding hydrogens is 428 g/mol. The maximum absolute atomic E-state index is 6.02. The molecule has 0 amide bonds. The summed E-state index contributed by atoms with van der Waals surface area (Å²) in [4.78, 5) is 6.81. The van der Waals surface area contributed by atoms with E-state index in [0.29, 0.717) is 5.11 Å². The Labute approximate surface area is 199 Å². The van der Waals surface area contributed by atoms with Crippen LogP contribution < -0.4 is 15.0 Å². The van der Waals surface area contributed by atoms with Gasteiger partial charge in [-0.3, -0.25) is 4.98 Å². The van der Waals surface area contributed by atoms with Crippen LogP contribution in [0.5, 0.6) is 11.5 Å². The minimum atomic E-state index is -0.0533. The Balaban J connectivity index is 1.48. The fourth-order valence-corrected chi connectivity index (χ4v) is 4.68. The number of hydrogen-bond acceptors (Lipinski definition) is 3. The van der Waals surface area contributed by atoms with Crippen LogP contribution in [-0.2, 0) is 6.54 Å². The number of ether oxygens (including phenoxy) is 1. The van der Waals surface area contributed by atoms with Crippen LogP contribution in [0.25, 0.3) is 0 Å². The van der Waals surface area contributed by atoms with Crippen molar-refractivity contribution in [3.05, 3.63) is 108 Å². The van der Waals surface area contributed by atoms with Crippen molar-refractivity contribution in [2.75, 3.05) is 4.90 Å². The lowest BCUT2D eigenvalue weighted by Gasteiger charge is -2.29. The van der Waals surface area contributed by atoms with Gasteiger partial charge in [-0.1, -0.05) is 23.8 Å². The number of aromatic nitrogens is 2. The van der Waals surface area contributed by atoms with Gasteiger partial charge in [0, 0.05) is 30.3 Å². The Morgan fingerprint density at radius 1 is 0.939 bits per heavy atom. The molecule has 0 radical (unpaired) electrons. The summed E-state index contributed by atoms with van der Waals surface area (Å²) in [6.45, 7) is 5.11. The average molecular weight is 455 g/mol. The van der Waals surface area contributed by atoms with E-state index in [-0.39, 0.29) is 12.1 Å². The smallest absolute Gasteiger partial charge is 0.174 e. The van der Waals surface area contributed by atoms with Gasteiger partial charge in [0.25, 0.3) is 0 Å². The molecule has 166 valence electrons. The summed E-state index contributed by atoms with van der Waals surface area (Å²) in [6, 6.07) is 26.3. The predicted molar refractivity (Wildman–Crippen MR) is 136 cm³/mol. The lowest BCUT2D eigenvalue weighted by Crippen LogP contribution is -2.30. The summed E-state index contributed by atoms with van der Waals surface area (Å²) in [5.74, 6) is 1.61. The van der Waals surface area contributed by atoms with Gasteiger partial charge in [0.15, 0.2) is 5.11 Å². The zero-order valence-corrected chi connectivity index (χ0v) is 19.5. The van der Waals surface area contributed by atoms with Crippen LogP contribution in [0.1, 0.15) is 36.0 Å². The third kappa shape index (κ3) is 4.22. The first-order valence-electron chi connectivity index (χ1n) is 11.1. The second-order valence-electron chi connectivity index (χ2n) is 8.12. The Hall–Kier alpha value is -3.64. The molecule has 0 saturated carbocycles. The van der Waals surface area contributed by atoms with Gasteiger partial charge in [0.1, 0.15) is 17.5 Å². The van der Waals surface area contributed by atoms with Crippen LogP contribution in [0.15, 0.2) is 91.3 Å². The first-order chi connectivity index (χ1) is 16.1. The summed E-state index contributed by atoms with van der Waals surface area (Å²) in [6.07, 6.45) is 3.94. The molecule has 1 fully saturated rings. The van der Waals surface area contributed by atoms with E-state index in [1.54, 1.807) is 0 Å². The summed E-state index contributed by atoms with van der Waals surface area (Å²) in [5, 5.41) is 4.21. The monoisotopic (exact) mass is 454 g/mol. The minimum Gasteiger partial charge on any atom is -0.457 e. The first kappa shape index (κ1) is 21.2. The fourth-order valence-electron chi connectivity index (χ4n) is 4.33. The van der Waals surface area contributed by atoms with E-state index in [1.165, 1.54) is 11.3 Å². The van der Waals surface area contributed by atoms with E-state index in [0.717, 1.165) is 29.4 Å². The van der Waals surface area contributed by atoms with Crippen LogP contribution in [0.2, 0.25) is 0 Å². The Bertz CT molecular complexity index is 1240. The Kier molecular flexibility index (Phi) is 5.84. The fraction of sp³-hybridized carbons (Fsp3) is 0.185. The molecule has 0 aliphatic carbocycles. The molecule has 1 saturated heterocycles. The molecule has 2 aromatic carbocycles. The third-order valence-electron chi connectivity index (χ3n) is 5.98. The van der Waals surface area contributed by atoms with E-state index < -0.39 is 0 Å². The first-order valence-corrected chi connectivity index (χ1v) is 11.5. The maximum Gasteiger partial charge on any atom is 0.174 e. The van der Waals surface area contributed by atoms with Crippen LogP contribution >= 0.6 is 12.2 Å². The molecular formula is C27H26N4OS. The number of rotatable bonds is 6. The number of benzene rings is 2. The predicted octanol–water partition coefficient (Wildman–Crippen LogP) is 6.18. The standard InChI is InChI=1S/C27H26N4OS/c1-3-30-18-6-8-24(30)26-25(23-7-4-5-17-28-23)29-27(33)31(26)20-11-15-22(16-12-20)32-21-13-9-19(2)10-14-21/h4-18,25-26H,3H2,1-2H3,(H,29,33)/t25-,26+/m1/s1. The normalized spacial score (nSPS) is 17.8. The van der Waals surface area contributed by atoms with E-state index in [4.69, 9.17) is 17.0 Å². The quantitative estimate of drug-likeness (QED) is 0.352. The molecule has 3 heterocycles. The van der Waals surface area contributed by atoms with Crippen molar-refractivity contribution >= 4 is 23.0 Å². The Morgan fingerprint density at radius 3 is 2.33 bits per heavy atom. The maximum atomic E-state index is 6.02. The summed E-state index contributed by atoms with van der Waals surface area (Å²) >= 11 is 5.83. The number of hydrogen-bond donors (Lipinski definition) is 1. The second kappa shape index (κ2) is 9.08. The number of thiocarbonyl (C=S) groups is 1. The highest BCUT2D eigenvalue weighted by atomic mass is 32.1. The largest absolute Gasteiger partial charge is 0.457 e. The van der Waals surface area contributed by atoms with Crippen molar-refractivity contribution in [1.29, 1.82) is 0 Å². The molecule has 1 aliphatic rings. The number of anilines is 1. The molecule has 2 aromatic heterocycles. The number of nitrogens with one attached hydrogen (secondary N) is 1. The third-order valence-corrected chi connectivity index (χ3v) is 6.29. The van der Waals surface area contributed by atoms with Crippen LogP contribution in [-0.4, -0.2) is 14.7 Å². The van der Waals surface area contributed by atoms with Crippen molar-refractivity contribution in [3.63, 3.8) is 0 Å². The van der Waals surface area contributed by atoms with Crippen LogP contribution in [0.4, 0.5) is 5.69 Å². The van der Waals surface area contributed by atoms with Gasteiger partial charge < -0.3 is 19.5 Å². The molecule has 6 heteroatoms. The molecule has 33 heavy (non-hydrogen) atoms. The molecule has 5 rings (SSSR count).